The van der Waals surface area contributed by atoms with Gasteiger partial charge in [0, 0.05) is 43.3 Å². The van der Waals surface area contributed by atoms with Gasteiger partial charge >= 0.3 is 0 Å². The first-order chi connectivity index (χ1) is 14.1. The zero-order valence-electron chi connectivity index (χ0n) is 16.9. The molecule has 0 bridgehead atoms. The van der Waals surface area contributed by atoms with Crippen LogP contribution in [0.3, 0.4) is 0 Å². The molecule has 2 N–H and O–H groups in total. The van der Waals surface area contributed by atoms with Crippen LogP contribution in [0.5, 0.6) is 0 Å². The average Bonchev–Trinajstić information content (AvgIpc) is 2.76. The Morgan fingerprint density at radius 1 is 1.21 bits per heavy atom. The molecule has 2 saturated heterocycles. The first kappa shape index (κ1) is 20.2. The third kappa shape index (κ3) is 4.75. The quantitative estimate of drug-likeness (QED) is 0.586. The number of anilines is 1. The molecule has 4 rings (SSSR count). The molecule has 0 aliphatic carbocycles. The summed E-state index contributed by atoms with van der Waals surface area (Å²) in [6, 6.07) is 4.68. The number of ether oxygens (including phenoxy) is 1. The van der Waals surface area contributed by atoms with Crippen LogP contribution in [0.25, 0.3) is 10.9 Å². The third-order valence-corrected chi connectivity index (χ3v) is 6.53. The van der Waals surface area contributed by atoms with Crippen LogP contribution in [0.4, 0.5) is 10.1 Å². The molecule has 29 heavy (non-hydrogen) atoms. The Labute approximate surface area is 171 Å². The summed E-state index contributed by atoms with van der Waals surface area (Å²) in [4.78, 5) is 19.7. The van der Waals surface area contributed by atoms with E-state index in [1.165, 1.54) is 25.5 Å². The van der Waals surface area contributed by atoms with E-state index in [1.54, 1.807) is 18.3 Å². The van der Waals surface area contributed by atoms with Crippen LogP contribution < -0.4 is 5.73 Å². The normalized spacial score (nSPS) is 19.6. The van der Waals surface area contributed by atoms with Gasteiger partial charge in [0.05, 0.1) is 11.2 Å². The molecule has 0 unspecified atom stereocenters. The monoisotopic (exact) mass is 399 g/mol. The first-order valence-corrected chi connectivity index (χ1v) is 10.8. The number of nitrogen functional groups attached to an aromatic ring is 1. The van der Waals surface area contributed by atoms with Crippen molar-refractivity contribution in [3.63, 3.8) is 0 Å². The molecule has 1 aromatic carbocycles. The molecule has 2 fully saturated rings. The summed E-state index contributed by atoms with van der Waals surface area (Å²) in [6.45, 7) is 5.20. The number of nitrogens with two attached hydrogens (primary N) is 1. The maximum atomic E-state index is 14.2. The summed E-state index contributed by atoms with van der Waals surface area (Å²) in [7, 11) is 0. The van der Waals surface area contributed by atoms with Crippen LogP contribution in [0.1, 0.15) is 48.9 Å². The van der Waals surface area contributed by atoms with Gasteiger partial charge in [0.15, 0.2) is 5.78 Å². The average molecular weight is 400 g/mol. The number of carbonyl (C=O) groups is 1. The number of piperidine rings is 1. The summed E-state index contributed by atoms with van der Waals surface area (Å²) in [6.07, 6.45) is 7.51. The van der Waals surface area contributed by atoms with Gasteiger partial charge < -0.3 is 15.4 Å². The smallest absolute Gasteiger partial charge is 0.165 e. The highest BCUT2D eigenvalue weighted by atomic mass is 19.1. The molecule has 0 saturated carbocycles. The number of hydrogen-bond acceptors (Lipinski definition) is 5. The van der Waals surface area contributed by atoms with Crippen molar-refractivity contribution in [2.24, 2.45) is 11.8 Å². The summed E-state index contributed by atoms with van der Waals surface area (Å²) >= 11 is 0. The van der Waals surface area contributed by atoms with Crippen molar-refractivity contribution >= 4 is 22.4 Å². The van der Waals surface area contributed by atoms with Crippen LogP contribution in [-0.2, 0) is 4.74 Å². The lowest BCUT2D eigenvalue weighted by atomic mass is 9.89. The predicted molar refractivity (Wildman–Crippen MR) is 112 cm³/mol. The fourth-order valence-electron chi connectivity index (χ4n) is 4.67. The van der Waals surface area contributed by atoms with Crippen molar-refractivity contribution in [3.05, 3.63) is 35.8 Å². The van der Waals surface area contributed by atoms with Crippen molar-refractivity contribution in [2.45, 2.75) is 38.5 Å². The largest absolute Gasteiger partial charge is 0.396 e. The molecule has 3 heterocycles. The van der Waals surface area contributed by atoms with E-state index in [-0.39, 0.29) is 11.5 Å². The van der Waals surface area contributed by atoms with E-state index in [0.29, 0.717) is 28.8 Å². The van der Waals surface area contributed by atoms with Gasteiger partial charge in [-0.2, -0.15) is 0 Å². The number of fused-ring (bicyclic) bond motifs is 1. The summed E-state index contributed by atoms with van der Waals surface area (Å²) in [5, 5.41) is 0.511. The highest BCUT2D eigenvalue weighted by molar-refractivity contribution is 6.09. The van der Waals surface area contributed by atoms with E-state index in [0.717, 1.165) is 51.5 Å². The molecule has 156 valence electrons. The van der Waals surface area contributed by atoms with E-state index < -0.39 is 5.82 Å². The number of pyridine rings is 1. The molecule has 0 amide bonds. The Bertz CT molecular complexity index is 859. The minimum atomic E-state index is -0.546. The Balaban J connectivity index is 1.31. The second kappa shape index (κ2) is 9.18. The minimum Gasteiger partial charge on any atom is -0.396 e. The second-order valence-electron chi connectivity index (χ2n) is 8.48. The van der Waals surface area contributed by atoms with Gasteiger partial charge in [-0.3, -0.25) is 9.78 Å². The van der Waals surface area contributed by atoms with Gasteiger partial charge in [0.2, 0.25) is 0 Å². The lowest BCUT2D eigenvalue weighted by Gasteiger charge is -2.35. The van der Waals surface area contributed by atoms with Crippen molar-refractivity contribution in [1.29, 1.82) is 0 Å². The lowest BCUT2D eigenvalue weighted by molar-refractivity contribution is 0.0464. The number of aromatic nitrogens is 1. The maximum Gasteiger partial charge on any atom is 0.165 e. The fraction of sp³-hybridized carbons (Fsp3) is 0.565. The van der Waals surface area contributed by atoms with E-state index in [4.69, 9.17) is 10.5 Å². The number of halogens is 1. The van der Waals surface area contributed by atoms with E-state index >= 15 is 0 Å². The van der Waals surface area contributed by atoms with E-state index in [2.05, 4.69) is 9.88 Å². The Kier molecular flexibility index (Phi) is 6.40. The predicted octanol–water partition coefficient (Wildman–Crippen LogP) is 4.06. The van der Waals surface area contributed by atoms with Crippen molar-refractivity contribution < 1.29 is 13.9 Å². The summed E-state index contributed by atoms with van der Waals surface area (Å²) < 4.78 is 19.6. The van der Waals surface area contributed by atoms with Gasteiger partial charge in [-0.15, -0.1) is 0 Å². The van der Waals surface area contributed by atoms with Gasteiger partial charge in [0.25, 0.3) is 0 Å². The van der Waals surface area contributed by atoms with Crippen molar-refractivity contribution in [2.75, 3.05) is 38.6 Å². The number of likely N-dealkylation sites (tertiary alicyclic amines) is 1. The maximum absolute atomic E-state index is 14.2. The van der Waals surface area contributed by atoms with Crippen LogP contribution in [0.2, 0.25) is 0 Å². The molecule has 0 radical (unpaired) electrons. The standard InChI is InChI=1S/C23H30FN3O2/c24-20-14-19(23-18(22(20)25)2-1-9-26-23)21(28)4-3-16-5-10-27(11-6-16)15-17-7-12-29-13-8-17/h1-2,9,14,16-17H,3-8,10-13,15,25H2. The van der Waals surface area contributed by atoms with Crippen LogP contribution in [0.15, 0.2) is 24.4 Å². The molecule has 0 spiro atoms. The zero-order chi connectivity index (χ0) is 20.2. The van der Waals surface area contributed by atoms with Crippen molar-refractivity contribution in [3.8, 4) is 0 Å². The van der Waals surface area contributed by atoms with Gasteiger partial charge in [-0.25, -0.2) is 4.39 Å². The second-order valence-corrected chi connectivity index (χ2v) is 8.48. The molecule has 2 aromatic rings. The fourth-order valence-corrected chi connectivity index (χ4v) is 4.67. The Morgan fingerprint density at radius 2 is 1.97 bits per heavy atom. The SMILES string of the molecule is Nc1c(F)cc(C(=O)CCC2CCN(CC3CCOCC3)CC2)c2ncccc12. The number of benzene rings is 1. The van der Waals surface area contributed by atoms with Crippen molar-refractivity contribution in [1.82, 2.24) is 9.88 Å². The molecular formula is C23H30FN3O2. The van der Waals surface area contributed by atoms with Crippen LogP contribution in [-0.4, -0.2) is 48.5 Å². The third-order valence-electron chi connectivity index (χ3n) is 6.53. The number of Topliss-reactive ketones (excluding diaryl/α,β-unsaturated/α-hetero) is 1. The number of hydrogen-bond donors (Lipinski definition) is 1. The van der Waals surface area contributed by atoms with Gasteiger partial charge in [0.1, 0.15) is 5.82 Å². The minimum absolute atomic E-state index is 0.0442. The highest BCUT2D eigenvalue weighted by Crippen LogP contribution is 2.29. The van der Waals surface area contributed by atoms with Crippen LogP contribution in [0, 0.1) is 17.7 Å². The topological polar surface area (TPSA) is 68.5 Å². The Hall–Kier alpha value is -2.05. The number of nitrogens with zero attached hydrogens (tertiary/aromatic N) is 2. The van der Waals surface area contributed by atoms with E-state index in [1.807, 2.05) is 0 Å². The van der Waals surface area contributed by atoms with Crippen LogP contribution >= 0.6 is 0 Å². The molecule has 1 aromatic heterocycles. The first-order valence-electron chi connectivity index (χ1n) is 10.8. The van der Waals surface area contributed by atoms with Gasteiger partial charge in [-0.05, 0) is 75.2 Å². The zero-order valence-corrected chi connectivity index (χ0v) is 16.9. The molecular weight excluding hydrogens is 369 g/mol. The number of rotatable bonds is 6. The number of ketones is 1. The van der Waals surface area contributed by atoms with Gasteiger partial charge in [-0.1, -0.05) is 0 Å². The molecule has 2 aliphatic heterocycles. The van der Waals surface area contributed by atoms with E-state index in [9.17, 15) is 9.18 Å². The highest BCUT2D eigenvalue weighted by Gasteiger charge is 2.24. The Morgan fingerprint density at radius 3 is 2.72 bits per heavy atom. The molecule has 0 atom stereocenters. The molecule has 5 nitrogen and oxygen atoms in total. The number of carbonyl (C=O) groups excluding carboxylic acids is 1. The molecule has 6 heteroatoms. The summed E-state index contributed by atoms with van der Waals surface area (Å²) in [5.41, 5.74) is 6.73. The summed E-state index contributed by atoms with van der Waals surface area (Å²) in [5.74, 6) is 0.735. The lowest BCUT2D eigenvalue weighted by Crippen LogP contribution is -2.38. The molecule has 2 aliphatic rings.